The topological polar surface area (TPSA) is 33.7 Å². The lowest BCUT2D eigenvalue weighted by Crippen LogP contribution is -2.45. The van der Waals surface area contributed by atoms with Gasteiger partial charge in [0, 0.05) is 12.6 Å². The monoisotopic (exact) mass is 382 g/mol. The standard InChI is InChI=1S/C21H34N2O2.ClH/c1-24-20-11-9-17(14-21(20)25-2)8-10-19-7-3-4-13-23(19)16-18-6-5-12-22-15-18;/h9,11,14,18-19,22H,3-8,10,12-13,15-16H2,1-2H3;1H. The molecule has 1 aromatic carbocycles. The average Bonchev–Trinajstić information content (AvgIpc) is 2.68. The number of nitrogens with zero attached hydrogens (tertiary/aromatic N) is 1. The maximum absolute atomic E-state index is 5.45. The van der Waals surface area contributed by atoms with E-state index in [1.807, 2.05) is 6.07 Å². The molecule has 2 unspecified atom stereocenters. The number of hydrogen-bond acceptors (Lipinski definition) is 4. The van der Waals surface area contributed by atoms with E-state index in [1.165, 1.54) is 70.3 Å². The molecule has 2 aliphatic heterocycles. The smallest absolute Gasteiger partial charge is 0.160 e. The number of methoxy groups -OCH3 is 2. The summed E-state index contributed by atoms with van der Waals surface area (Å²) in [5, 5.41) is 3.57. The van der Waals surface area contributed by atoms with E-state index < -0.39 is 0 Å². The van der Waals surface area contributed by atoms with Crippen LogP contribution in [0.5, 0.6) is 11.5 Å². The van der Waals surface area contributed by atoms with Crippen LogP contribution < -0.4 is 14.8 Å². The molecule has 0 radical (unpaired) electrons. The van der Waals surface area contributed by atoms with Crippen LogP contribution in [-0.2, 0) is 6.42 Å². The molecule has 1 aromatic rings. The summed E-state index contributed by atoms with van der Waals surface area (Å²) in [6.45, 7) is 4.98. The van der Waals surface area contributed by atoms with Crippen LogP contribution in [0.4, 0.5) is 0 Å². The van der Waals surface area contributed by atoms with E-state index in [1.54, 1.807) is 14.2 Å². The number of hydrogen-bond donors (Lipinski definition) is 1. The van der Waals surface area contributed by atoms with Crippen molar-refractivity contribution in [2.24, 2.45) is 5.92 Å². The van der Waals surface area contributed by atoms with Crippen molar-refractivity contribution in [3.63, 3.8) is 0 Å². The zero-order valence-electron chi connectivity index (χ0n) is 16.3. The summed E-state index contributed by atoms with van der Waals surface area (Å²) in [6.07, 6.45) is 9.21. The van der Waals surface area contributed by atoms with Gasteiger partial charge in [-0.2, -0.15) is 0 Å². The molecule has 148 valence electrons. The molecule has 0 bridgehead atoms. The zero-order chi connectivity index (χ0) is 17.5. The Balaban J connectivity index is 0.00000243. The molecule has 5 heteroatoms. The summed E-state index contributed by atoms with van der Waals surface area (Å²) in [6, 6.07) is 7.08. The minimum atomic E-state index is 0. The maximum atomic E-state index is 5.45. The number of nitrogens with one attached hydrogen (secondary N) is 1. The van der Waals surface area contributed by atoms with Crippen LogP contribution >= 0.6 is 12.4 Å². The first kappa shape index (κ1) is 21.3. The SMILES string of the molecule is COc1ccc(CCC2CCCCN2CC2CCCNC2)cc1OC.Cl. The largest absolute Gasteiger partial charge is 0.493 e. The minimum Gasteiger partial charge on any atom is -0.493 e. The molecule has 26 heavy (non-hydrogen) atoms. The van der Waals surface area contributed by atoms with Gasteiger partial charge in [0.1, 0.15) is 0 Å². The molecule has 0 saturated carbocycles. The lowest BCUT2D eigenvalue weighted by Gasteiger charge is -2.39. The molecule has 2 saturated heterocycles. The highest BCUT2D eigenvalue weighted by molar-refractivity contribution is 5.85. The van der Waals surface area contributed by atoms with Gasteiger partial charge in [-0.1, -0.05) is 12.5 Å². The van der Waals surface area contributed by atoms with Crippen LogP contribution in [0.25, 0.3) is 0 Å². The zero-order valence-corrected chi connectivity index (χ0v) is 17.2. The summed E-state index contributed by atoms with van der Waals surface area (Å²) < 4.78 is 10.8. The molecular weight excluding hydrogens is 348 g/mol. The molecule has 2 heterocycles. The fraction of sp³-hybridized carbons (Fsp3) is 0.714. The summed E-state index contributed by atoms with van der Waals surface area (Å²) in [7, 11) is 3.40. The Morgan fingerprint density at radius 3 is 2.65 bits per heavy atom. The lowest BCUT2D eigenvalue weighted by molar-refractivity contribution is 0.111. The number of rotatable bonds is 7. The third-order valence-electron chi connectivity index (χ3n) is 5.85. The normalized spacial score (nSPS) is 23.9. The van der Waals surface area contributed by atoms with Gasteiger partial charge in [-0.3, -0.25) is 0 Å². The Hall–Kier alpha value is -0.970. The van der Waals surface area contributed by atoms with E-state index in [-0.39, 0.29) is 12.4 Å². The van der Waals surface area contributed by atoms with Gasteiger partial charge in [-0.15, -0.1) is 12.4 Å². The van der Waals surface area contributed by atoms with Crippen LogP contribution in [-0.4, -0.2) is 51.3 Å². The summed E-state index contributed by atoms with van der Waals surface area (Å²) in [5.74, 6) is 2.50. The first-order valence-corrected chi connectivity index (χ1v) is 9.96. The molecular formula is C21H35ClN2O2. The maximum Gasteiger partial charge on any atom is 0.160 e. The number of benzene rings is 1. The molecule has 2 fully saturated rings. The second-order valence-corrected chi connectivity index (χ2v) is 7.58. The third-order valence-corrected chi connectivity index (χ3v) is 5.85. The van der Waals surface area contributed by atoms with Crippen LogP contribution in [0, 0.1) is 5.92 Å². The first-order chi connectivity index (χ1) is 12.3. The third kappa shape index (κ3) is 5.77. The Kier molecular flexibility index (Phi) is 9.03. The molecule has 2 atom stereocenters. The number of ether oxygens (including phenoxy) is 2. The second-order valence-electron chi connectivity index (χ2n) is 7.58. The first-order valence-electron chi connectivity index (χ1n) is 9.96. The molecule has 2 aliphatic rings. The van der Waals surface area contributed by atoms with E-state index in [9.17, 15) is 0 Å². The van der Waals surface area contributed by atoms with Gasteiger partial charge in [0.05, 0.1) is 14.2 Å². The summed E-state index contributed by atoms with van der Waals surface area (Å²) in [5.41, 5.74) is 1.35. The Morgan fingerprint density at radius 1 is 1.08 bits per heavy atom. The summed E-state index contributed by atoms with van der Waals surface area (Å²) in [4.78, 5) is 2.78. The van der Waals surface area contributed by atoms with Gasteiger partial charge in [-0.05, 0) is 81.8 Å². The molecule has 3 rings (SSSR count). The van der Waals surface area contributed by atoms with Gasteiger partial charge < -0.3 is 19.7 Å². The minimum absolute atomic E-state index is 0. The molecule has 0 aromatic heterocycles. The Bertz CT molecular complexity index is 535. The van der Waals surface area contributed by atoms with E-state index in [0.717, 1.165) is 29.9 Å². The van der Waals surface area contributed by atoms with Crippen molar-refractivity contribution in [2.45, 2.75) is 51.0 Å². The second kappa shape index (κ2) is 11.0. The number of piperidine rings is 2. The predicted octanol–water partition coefficient (Wildman–Crippen LogP) is 3.91. The quantitative estimate of drug-likeness (QED) is 0.775. The van der Waals surface area contributed by atoms with Crippen molar-refractivity contribution in [1.82, 2.24) is 10.2 Å². The number of likely N-dealkylation sites (tertiary alicyclic amines) is 1. The van der Waals surface area contributed by atoms with Crippen molar-refractivity contribution >= 4 is 12.4 Å². The highest BCUT2D eigenvalue weighted by Gasteiger charge is 2.25. The fourth-order valence-electron chi connectivity index (χ4n) is 4.41. The predicted molar refractivity (Wildman–Crippen MR) is 110 cm³/mol. The van der Waals surface area contributed by atoms with Crippen LogP contribution in [0.2, 0.25) is 0 Å². The Labute approximate surface area is 165 Å². The van der Waals surface area contributed by atoms with Crippen molar-refractivity contribution in [3.8, 4) is 11.5 Å². The van der Waals surface area contributed by atoms with Gasteiger partial charge in [0.15, 0.2) is 11.5 Å². The fourth-order valence-corrected chi connectivity index (χ4v) is 4.41. The lowest BCUT2D eigenvalue weighted by atomic mass is 9.92. The number of aryl methyl sites for hydroxylation is 1. The van der Waals surface area contributed by atoms with Crippen molar-refractivity contribution in [1.29, 1.82) is 0 Å². The highest BCUT2D eigenvalue weighted by Crippen LogP contribution is 2.29. The van der Waals surface area contributed by atoms with E-state index in [2.05, 4.69) is 22.3 Å². The van der Waals surface area contributed by atoms with Crippen molar-refractivity contribution in [2.75, 3.05) is 40.4 Å². The molecule has 0 spiro atoms. The van der Waals surface area contributed by atoms with E-state index in [0.29, 0.717) is 0 Å². The van der Waals surface area contributed by atoms with Gasteiger partial charge in [-0.25, -0.2) is 0 Å². The van der Waals surface area contributed by atoms with Crippen molar-refractivity contribution < 1.29 is 9.47 Å². The molecule has 0 amide bonds. The van der Waals surface area contributed by atoms with Crippen LogP contribution in [0.3, 0.4) is 0 Å². The average molecular weight is 383 g/mol. The van der Waals surface area contributed by atoms with E-state index in [4.69, 9.17) is 9.47 Å². The highest BCUT2D eigenvalue weighted by atomic mass is 35.5. The Morgan fingerprint density at radius 2 is 1.92 bits per heavy atom. The van der Waals surface area contributed by atoms with Gasteiger partial charge >= 0.3 is 0 Å². The van der Waals surface area contributed by atoms with Gasteiger partial charge in [0.2, 0.25) is 0 Å². The van der Waals surface area contributed by atoms with Crippen LogP contribution in [0.15, 0.2) is 18.2 Å². The summed E-state index contributed by atoms with van der Waals surface area (Å²) >= 11 is 0. The van der Waals surface area contributed by atoms with Gasteiger partial charge in [0.25, 0.3) is 0 Å². The molecule has 4 nitrogen and oxygen atoms in total. The van der Waals surface area contributed by atoms with Crippen LogP contribution in [0.1, 0.15) is 44.1 Å². The molecule has 0 aliphatic carbocycles. The van der Waals surface area contributed by atoms with Crippen molar-refractivity contribution in [3.05, 3.63) is 23.8 Å². The number of halogens is 1. The molecule has 1 N–H and O–H groups in total. The van der Waals surface area contributed by atoms with E-state index >= 15 is 0 Å².